The Hall–Kier alpha value is -2.19. The number of nitrogens with zero attached hydrogens (tertiary/aromatic N) is 2. The van der Waals surface area contributed by atoms with Gasteiger partial charge in [0, 0.05) is 24.8 Å². The van der Waals surface area contributed by atoms with Crippen molar-refractivity contribution in [2.75, 3.05) is 18.4 Å². The van der Waals surface area contributed by atoms with Gasteiger partial charge in [-0.1, -0.05) is 11.6 Å². The Morgan fingerprint density at radius 1 is 1.17 bits per heavy atom. The molecule has 0 bridgehead atoms. The van der Waals surface area contributed by atoms with Crippen LogP contribution in [0.4, 0.5) is 5.69 Å². The van der Waals surface area contributed by atoms with Crippen molar-refractivity contribution in [1.29, 1.82) is 0 Å². The van der Waals surface area contributed by atoms with Crippen molar-refractivity contribution in [3.63, 3.8) is 0 Å². The van der Waals surface area contributed by atoms with Crippen molar-refractivity contribution in [1.82, 2.24) is 9.46 Å². The summed E-state index contributed by atoms with van der Waals surface area (Å²) in [7, 11) is -3.46. The summed E-state index contributed by atoms with van der Waals surface area (Å²) >= 11 is 0. The number of nitrogens with one attached hydrogen (secondary N) is 1. The lowest BCUT2D eigenvalue weighted by Gasteiger charge is -2.25. The van der Waals surface area contributed by atoms with Crippen LogP contribution in [-0.2, 0) is 10.0 Å². The highest BCUT2D eigenvalue weighted by Gasteiger charge is 2.25. The first-order chi connectivity index (χ1) is 11.5. The highest BCUT2D eigenvalue weighted by Crippen LogP contribution is 2.22. The number of benzene rings is 1. The minimum Gasteiger partial charge on any atom is -0.361 e. The number of hydrogen-bond donors (Lipinski definition) is 1. The summed E-state index contributed by atoms with van der Waals surface area (Å²) in [5, 5.41) is 6.30. The molecule has 8 heteroatoms. The van der Waals surface area contributed by atoms with E-state index in [0.29, 0.717) is 24.5 Å². The van der Waals surface area contributed by atoms with E-state index >= 15 is 0 Å². The summed E-state index contributed by atoms with van der Waals surface area (Å²) in [5.74, 6) is 0.140. The minimum atomic E-state index is -3.46. The second-order valence-electron chi connectivity index (χ2n) is 5.77. The van der Waals surface area contributed by atoms with Crippen LogP contribution in [0.1, 0.15) is 35.5 Å². The fourth-order valence-electron chi connectivity index (χ4n) is 2.63. The topological polar surface area (TPSA) is 92.5 Å². The normalized spacial score (nSPS) is 16.0. The van der Waals surface area contributed by atoms with Crippen LogP contribution in [0.25, 0.3) is 0 Å². The molecule has 1 fully saturated rings. The summed E-state index contributed by atoms with van der Waals surface area (Å²) in [6, 6.07) is 7.69. The van der Waals surface area contributed by atoms with Crippen LogP contribution in [0.3, 0.4) is 0 Å². The van der Waals surface area contributed by atoms with Crippen molar-refractivity contribution >= 4 is 21.6 Å². The monoisotopic (exact) mass is 349 g/mol. The maximum Gasteiger partial charge on any atom is 0.277 e. The van der Waals surface area contributed by atoms with E-state index in [-0.39, 0.29) is 10.6 Å². The lowest BCUT2D eigenvalue weighted by atomic mass is 10.2. The zero-order chi connectivity index (χ0) is 17.2. The molecule has 1 aromatic carbocycles. The molecule has 3 rings (SSSR count). The van der Waals surface area contributed by atoms with E-state index in [1.165, 1.54) is 22.5 Å². The van der Waals surface area contributed by atoms with E-state index < -0.39 is 15.9 Å². The maximum absolute atomic E-state index is 12.6. The molecule has 0 radical (unpaired) electrons. The Labute approximate surface area is 140 Å². The number of rotatable bonds is 4. The highest BCUT2D eigenvalue weighted by molar-refractivity contribution is 7.89. The molecule has 0 aliphatic carbocycles. The van der Waals surface area contributed by atoms with Crippen LogP contribution in [0.5, 0.6) is 0 Å². The molecule has 2 heterocycles. The van der Waals surface area contributed by atoms with Gasteiger partial charge in [0.15, 0.2) is 5.69 Å². The average Bonchev–Trinajstić information content (AvgIpc) is 3.03. The van der Waals surface area contributed by atoms with Crippen LogP contribution in [0.2, 0.25) is 0 Å². The molecule has 1 aliphatic rings. The predicted molar refractivity (Wildman–Crippen MR) is 88.2 cm³/mol. The number of carbonyl (C=O) groups excluding carboxylic acids is 1. The van der Waals surface area contributed by atoms with E-state index in [1.807, 2.05) is 0 Å². The molecule has 24 heavy (non-hydrogen) atoms. The maximum atomic E-state index is 12.6. The Balaban J connectivity index is 1.72. The van der Waals surface area contributed by atoms with E-state index in [2.05, 4.69) is 10.5 Å². The Bertz CT molecular complexity index is 821. The molecule has 1 N–H and O–H groups in total. The van der Waals surface area contributed by atoms with Crippen LogP contribution in [0.15, 0.2) is 39.8 Å². The van der Waals surface area contributed by atoms with Crippen molar-refractivity contribution in [2.45, 2.75) is 31.1 Å². The van der Waals surface area contributed by atoms with Gasteiger partial charge in [-0.25, -0.2) is 8.42 Å². The van der Waals surface area contributed by atoms with Gasteiger partial charge in [0.25, 0.3) is 5.91 Å². The largest absolute Gasteiger partial charge is 0.361 e. The van der Waals surface area contributed by atoms with Crippen molar-refractivity contribution in [2.24, 2.45) is 0 Å². The Morgan fingerprint density at radius 2 is 1.83 bits per heavy atom. The summed E-state index contributed by atoms with van der Waals surface area (Å²) < 4.78 is 31.5. The summed E-state index contributed by atoms with van der Waals surface area (Å²) in [6.07, 6.45) is 2.85. The van der Waals surface area contributed by atoms with E-state index in [0.717, 1.165) is 19.3 Å². The third-order valence-corrected chi connectivity index (χ3v) is 5.84. The second kappa shape index (κ2) is 6.74. The first-order valence-corrected chi connectivity index (χ1v) is 9.26. The smallest absolute Gasteiger partial charge is 0.277 e. The van der Waals surface area contributed by atoms with Gasteiger partial charge in [-0.2, -0.15) is 4.31 Å². The van der Waals surface area contributed by atoms with Crippen molar-refractivity contribution < 1.29 is 17.7 Å². The number of aromatic nitrogens is 1. The second-order valence-corrected chi connectivity index (χ2v) is 7.70. The number of hydrogen-bond acceptors (Lipinski definition) is 5. The van der Waals surface area contributed by atoms with Gasteiger partial charge >= 0.3 is 0 Å². The lowest BCUT2D eigenvalue weighted by Crippen LogP contribution is -2.35. The van der Waals surface area contributed by atoms with Crippen LogP contribution in [0, 0.1) is 6.92 Å². The molecule has 1 amide bonds. The Morgan fingerprint density at radius 3 is 2.42 bits per heavy atom. The van der Waals surface area contributed by atoms with Gasteiger partial charge < -0.3 is 9.84 Å². The molecule has 0 unspecified atom stereocenters. The van der Waals surface area contributed by atoms with Gasteiger partial charge in [-0.05, 0) is 44.0 Å². The average molecular weight is 349 g/mol. The minimum absolute atomic E-state index is 0.178. The number of amides is 1. The molecule has 128 valence electrons. The summed E-state index contributed by atoms with van der Waals surface area (Å²) in [6.45, 7) is 2.82. The zero-order valence-electron chi connectivity index (χ0n) is 13.4. The zero-order valence-corrected chi connectivity index (χ0v) is 14.2. The van der Waals surface area contributed by atoms with Crippen molar-refractivity contribution in [3.05, 3.63) is 41.8 Å². The third-order valence-electron chi connectivity index (χ3n) is 3.93. The molecule has 1 saturated heterocycles. The summed E-state index contributed by atoms with van der Waals surface area (Å²) in [5.41, 5.74) is 0.677. The Kier molecular flexibility index (Phi) is 4.68. The van der Waals surface area contributed by atoms with E-state index in [4.69, 9.17) is 4.52 Å². The third kappa shape index (κ3) is 3.49. The van der Waals surface area contributed by atoms with Crippen LogP contribution >= 0.6 is 0 Å². The van der Waals surface area contributed by atoms with Gasteiger partial charge in [0.2, 0.25) is 10.0 Å². The molecule has 0 atom stereocenters. The number of piperidine rings is 1. The van der Waals surface area contributed by atoms with E-state index in [1.54, 1.807) is 19.1 Å². The van der Waals surface area contributed by atoms with Gasteiger partial charge in [0.05, 0.1) is 4.90 Å². The summed E-state index contributed by atoms with van der Waals surface area (Å²) in [4.78, 5) is 12.2. The predicted octanol–water partition coefficient (Wildman–Crippen LogP) is 2.41. The first-order valence-electron chi connectivity index (χ1n) is 7.82. The molecule has 1 aromatic heterocycles. The fraction of sp³-hybridized carbons (Fsp3) is 0.375. The van der Waals surface area contributed by atoms with Gasteiger partial charge in [0.1, 0.15) is 5.76 Å². The molecule has 0 spiro atoms. The van der Waals surface area contributed by atoms with Gasteiger partial charge in [-0.15, -0.1) is 0 Å². The molecule has 7 nitrogen and oxygen atoms in total. The molecule has 2 aromatic rings. The molecule has 0 saturated carbocycles. The SMILES string of the molecule is Cc1cc(C(=O)Nc2ccc(S(=O)(=O)N3CCCCC3)cc2)no1. The lowest BCUT2D eigenvalue weighted by molar-refractivity contribution is 0.101. The number of aryl methyl sites for hydroxylation is 1. The van der Waals surface area contributed by atoms with E-state index in [9.17, 15) is 13.2 Å². The molecule has 1 aliphatic heterocycles. The van der Waals surface area contributed by atoms with Crippen molar-refractivity contribution in [3.8, 4) is 0 Å². The van der Waals surface area contributed by atoms with Gasteiger partial charge in [-0.3, -0.25) is 4.79 Å². The standard InChI is InChI=1S/C16H19N3O4S/c1-12-11-15(18-23-12)16(20)17-13-5-7-14(8-6-13)24(21,22)19-9-3-2-4-10-19/h5-8,11H,2-4,9-10H2,1H3,(H,17,20). The van der Waals surface area contributed by atoms with Crippen LogP contribution in [-0.4, -0.2) is 36.9 Å². The fourth-order valence-corrected chi connectivity index (χ4v) is 4.15. The molecular formula is C16H19N3O4S. The quantitative estimate of drug-likeness (QED) is 0.915. The number of anilines is 1. The first kappa shape index (κ1) is 16.7. The van der Waals surface area contributed by atoms with Crippen LogP contribution < -0.4 is 5.32 Å². The molecular weight excluding hydrogens is 330 g/mol. The number of sulfonamides is 1. The number of carbonyl (C=O) groups is 1. The highest BCUT2D eigenvalue weighted by atomic mass is 32.2.